The number of hydrogen-bond acceptors (Lipinski definition) is 4. The van der Waals surface area contributed by atoms with Crippen LogP contribution in [0.4, 0.5) is 13.2 Å². The number of halogens is 3. The molecule has 2 N–H and O–H groups in total. The number of pyridine rings is 1. The number of hydrogen-bond donors (Lipinski definition) is 2. The normalized spacial score (nSPS) is 26.6. The first-order valence-corrected chi connectivity index (χ1v) is 12.3. The fourth-order valence-corrected chi connectivity index (χ4v) is 5.22. The van der Waals surface area contributed by atoms with E-state index in [1.54, 1.807) is 18.3 Å². The molecule has 2 aliphatic carbocycles. The quantitative estimate of drug-likeness (QED) is 0.692. The lowest BCUT2D eigenvalue weighted by atomic mass is 9.91. The molecule has 2 aromatic rings. The van der Waals surface area contributed by atoms with Gasteiger partial charge in [-0.15, -0.1) is 0 Å². The molecule has 0 aliphatic heterocycles. The van der Waals surface area contributed by atoms with E-state index >= 15 is 0 Å². The van der Waals surface area contributed by atoms with Crippen molar-refractivity contribution in [1.29, 1.82) is 0 Å². The van der Waals surface area contributed by atoms with Crippen molar-refractivity contribution in [2.45, 2.75) is 62.3 Å². The number of nitrogens with zero attached hydrogens (tertiary/aromatic N) is 1. The van der Waals surface area contributed by atoms with Crippen LogP contribution in [0.2, 0.25) is 0 Å². The van der Waals surface area contributed by atoms with E-state index in [4.69, 9.17) is 0 Å². The van der Waals surface area contributed by atoms with Crippen LogP contribution in [0, 0.1) is 0 Å². The predicted octanol–water partition coefficient (Wildman–Crippen LogP) is 4.07. The van der Waals surface area contributed by atoms with Gasteiger partial charge in [-0.2, -0.15) is 13.2 Å². The van der Waals surface area contributed by atoms with Gasteiger partial charge in [-0.3, -0.25) is 4.98 Å². The zero-order valence-corrected chi connectivity index (χ0v) is 18.0. The van der Waals surface area contributed by atoms with Crippen molar-refractivity contribution in [3.05, 3.63) is 53.7 Å². The van der Waals surface area contributed by atoms with Crippen molar-refractivity contribution in [1.82, 2.24) is 15.0 Å². The van der Waals surface area contributed by atoms with E-state index in [2.05, 4.69) is 15.0 Å². The molecule has 1 aromatic carbocycles. The van der Waals surface area contributed by atoms with Crippen LogP contribution in [0.1, 0.15) is 49.1 Å². The maximum atomic E-state index is 12.9. The van der Waals surface area contributed by atoms with Crippen LogP contribution in [0.3, 0.4) is 0 Å². The van der Waals surface area contributed by atoms with Crippen molar-refractivity contribution in [3.63, 3.8) is 0 Å². The summed E-state index contributed by atoms with van der Waals surface area (Å²) in [5.74, 6) is 0.356. The fourth-order valence-electron chi connectivity index (χ4n) is 4.38. The first kappa shape index (κ1) is 22.2. The van der Waals surface area contributed by atoms with Crippen molar-refractivity contribution in [2.75, 3.05) is 6.26 Å². The number of alkyl halides is 3. The third-order valence-corrected chi connectivity index (χ3v) is 6.81. The summed E-state index contributed by atoms with van der Waals surface area (Å²) in [4.78, 5) is 4.40. The molecule has 2 fully saturated rings. The molecule has 1 aromatic heterocycles. The number of sulfonamides is 1. The van der Waals surface area contributed by atoms with Crippen LogP contribution in [-0.2, 0) is 16.2 Å². The van der Waals surface area contributed by atoms with E-state index < -0.39 is 21.8 Å². The minimum Gasteiger partial charge on any atom is -0.311 e. The van der Waals surface area contributed by atoms with Gasteiger partial charge >= 0.3 is 6.18 Å². The second-order valence-corrected chi connectivity index (χ2v) is 10.4. The van der Waals surface area contributed by atoms with Crippen molar-refractivity contribution >= 4 is 10.0 Å². The summed E-state index contributed by atoms with van der Waals surface area (Å²) in [6.45, 7) is 0. The average Bonchev–Trinajstić information content (AvgIpc) is 3.47. The minimum atomic E-state index is -4.37. The minimum absolute atomic E-state index is 0.0237. The highest BCUT2D eigenvalue weighted by atomic mass is 32.2. The molecule has 168 valence electrons. The second kappa shape index (κ2) is 8.52. The van der Waals surface area contributed by atoms with Gasteiger partial charge in [-0.1, -0.05) is 18.2 Å². The van der Waals surface area contributed by atoms with Gasteiger partial charge in [0.15, 0.2) is 0 Å². The molecule has 0 bridgehead atoms. The highest BCUT2D eigenvalue weighted by Crippen LogP contribution is 2.42. The monoisotopic (exact) mass is 453 g/mol. The topological polar surface area (TPSA) is 71.1 Å². The first-order chi connectivity index (χ1) is 14.6. The molecule has 0 amide bonds. The average molecular weight is 454 g/mol. The third-order valence-electron chi connectivity index (χ3n) is 6.05. The Morgan fingerprint density at radius 3 is 2.35 bits per heavy atom. The number of aromatic nitrogens is 1. The fraction of sp³-hybridized carbons (Fsp3) is 0.500. The smallest absolute Gasteiger partial charge is 0.311 e. The molecule has 0 spiro atoms. The lowest BCUT2D eigenvalue weighted by molar-refractivity contribution is -0.137. The van der Waals surface area contributed by atoms with Crippen LogP contribution < -0.4 is 10.0 Å². The van der Waals surface area contributed by atoms with Crippen LogP contribution in [0.5, 0.6) is 0 Å². The first-order valence-electron chi connectivity index (χ1n) is 10.5. The Hall–Kier alpha value is -1.97. The molecule has 0 unspecified atom stereocenters. The third kappa shape index (κ3) is 5.84. The van der Waals surface area contributed by atoms with Crippen molar-refractivity contribution in [2.24, 2.45) is 0 Å². The van der Waals surface area contributed by atoms with E-state index in [1.165, 1.54) is 12.3 Å². The van der Waals surface area contributed by atoms with E-state index in [0.717, 1.165) is 49.8 Å². The van der Waals surface area contributed by atoms with Gasteiger partial charge in [-0.05, 0) is 55.9 Å². The maximum Gasteiger partial charge on any atom is 0.416 e. The summed E-state index contributed by atoms with van der Waals surface area (Å²) < 4.78 is 64.2. The molecule has 31 heavy (non-hydrogen) atoms. The second-order valence-electron chi connectivity index (χ2n) is 8.61. The SMILES string of the molecule is CS(=O)(=O)NC1CCC(N[C@@H]2C[C@H]2c2ccc(-c3cccc(C(F)(F)F)c3)nc2)CC1. The van der Waals surface area contributed by atoms with Gasteiger partial charge in [0, 0.05) is 35.8 Å². The Morgan fingerprint density at radius 2 is 1.74 bits per heavy atom. The van der Waals surface area contributed by atoms with E-state index in [-0.39, 0.29) is 6.04 Å². The largest absolute Gasteiger partial charge is 0.416 e. The highest BCUT2D eigenvalue weighted by molar-refractivity contribution is 7.88. The summed E-state index contributed by atoms with van der Waals surface area (Å²) in [5.41, 5.74) is 1.38. The van der Waals surface area contributed by atoms with Gasteiger partial charge in [0.2, 0.25) is 10.0 Å². The molecular weight excluding hydrogens is 427 g/mol. The molecule has 1 heterocycles. The zero-order chi connectivity index (χ0) is 22.2. The summed E-state index contributed by atoms with van der Waals surface area (Å²) in [6.07, 6.45) is 3.11. The molecular formula is C22H26F3N3O2S. The number of rotatable bonds is 6. The summed E-state index contributed by atoms with van der Waals surface area (Å²) in [7, 11) is -3.16. The van der Waals surface area contributed by atoms with Crippen LogP contribution >= 0.6 is 0 Å². The highest BCUT2D eigenvalue weighted by Gasteiger charge is 2.40. The molecule has 2 atom stereocenters. The van der Waals surface area contributed by atoms with Gasteiger partial charge < -0.3 is 5.32 Å². The Labute approximate surface area is 180 Å². The molecule has 0 radical (unpaired) electrons. The number of nitrogens with one attached hydrogen (secondary N) is 2. The Balaban J connectivity index is 1.31. The maximum absolute atomic E-state index is 12.9. The van der Waals surface area contributed by atoms with Gasteiger partial charge in [-0.25, -0.2) is 13.1 Å². The van der Waals surface area contributed by atoms with E-state index in [1.807, 2.05) is 6.07 Å². The van der Waals surface area contributed by atoms with Crippen LogP contribution in [0.25, 0.3) is 11.3 Å². The van der Waals surface area contributed by atoms with E-state index in [0.29, 0.717) is 29.3 Å². The molecule has 4 rings (SSSR count). The summed E-state index contributed by atoms with van der Waals surface area (Å²) >= 11 is 0. The Bertz CT molecular complexity index is 1020. The number of benzene rings is 1. The van der Waals surface area contributed by atoms with Crippen molar-refractivity contribution in [3.8, 4) is 11.3 Å². The van der Waals surface area contributed by atoms with Gasteiger partial charge in [0.25, 0.3) is 0 Å². The Morgan fingerprint density at radius 1 is 1.03 bits per heavy atom. The molecule has 5 nitrogen and oxygen atoms in total. The molecule has 2 aliphatic rings. The lowest BCUT2D eigenvalue weighted by Crippen LogP contribution is -2.42. The molecule has 0 saturated heterocycles. The summed E-state index contributed by atoms with van der Waals surface area (Å²) in [6, 6.07) is 9.71. The van der Waals surface area contributed by atoms with Gasteiger partial charge in [0.1, 0.15) is 0 Å². The summed E-state index contributed by atoms with van der Waals surface area (Å²) in [5, 5.41) is 3.67. The Kier molecular flexibility index (Phi) is 6.11. The zero-order valence-electron chi connectivity index (χ0n) is 17.2. The van der Waals surface area contributed by atoms with E-state index in [9.17, 15) is 21.6 Å². The van der Waals surface area contributed by atoms with Crippen LogP contribution in [-0.4, -0.2) is 37.8 Å². The standard InChI is InChI=1S/C22H26F3N3O2S/c1-31(29,30)28-18-8-6-17(7-9-18)27-21-12-19(21)15-5-10-20(26-13-15)14-3-2-4-16(11-14)22(23,24)25/h2-5,10-11,13,17-19,21,27-28H,6-9,12H2,1H3/t17?,18?,19-,21+/m0/s1. The van der Waals surface area contributed by atoms with Crippen molar-refractivity contribution < 1.29 is 21.6 Å². The van der Waals surface area contributed by atoms with Crippen LogP contribution in [0.15, 0.2) is 42.6 Å². The molecule has 2 saturated carbocycles. The van der Waals surface area contributed by atoms with Gasteiger partial charge in [0.05, 0.1) is 17.5 Å². The lowest BCUT2D eigenvalue weighted by Gasteiger charge is -2.29. The molecule has 9 heteroatoms. The predicted molar refractivity (Wildman–Crippen MR) is 113 cm³/mol.